The fourth-order valence-electron chi connectivity index (χ4n) is 2.11. The van der Waals surface area contributed by atoms with Gasteiger partial charge in [0.05, 0.1) is 12.5 Å². The molecule has 1 aliphatic carbocycles. The van der Waals surface area contributed by atoms with Gasteiger partial charge in [-0.25, -0.2) is 0 Å². The Hall–Kier alpha value is -0.430. The summed E-state index contributed by atoms with van der Waals surface area (Å²) in [6.45, 7) is -0.193. The Morgan fingerprint density at radius 2 is 1.74 bits per heavy atom. The van der Waals surface area contributed by atoms with E-state index in [1.165, 1.54) is 6.42 Å². The molecule has 3 nitrogen and oxygen atoms in total. The molecular weight excluding hydrogens is 279 g/mol. The third-order valence-corrected chi connectivity index (χ3v) is 3.55. The normalized spacial score (nSPS) is 18.7. The van der Waals surface area contributed by atoms with Crippen molar-refractivity contribution in [1.29, 1.82) is 0 Å². The second-order valence-corrected chi connectivity index (χ2v) is 5.50. The molecule has 0 aliphatic heterocycles. The molecule has 0 aromatic heterocycles. The SMILES string of the molecule is O=C(OCC[N-]SC(F)(F)F)C1CCCCCCC1. The molecule has 0 radical (unpaired) electrons. The molecule has 0 N–H and O–H groups in total. The topological polar surface area (TPSA) is 40.4 Å². The minimum absolute atomic E-state index is 0.0710. The van der Waals surface area contributed by atoms with Gasteiger partial charge in [0.2, 0.25) is 0 Å². The highest BCUT2D eigenvalue weighted by Gasteiger charge is 2.22. The van der Waals surface area contributed by atoms with Crippen molar-refractivity contribution in [2.75, 3.05) is 13.2 Å². The first kappa shape index (κ1) is 16.6. The van der Waals surface area contributed by atoms with Crippen LogP contribution in [0.4, 0.5) is 13.2 Å². The third kappa shape index (κ3) is 8.36. The Morgan fingerprint density at radius 3 is 2.32 bits per heavy atom. The van der Waals surface area contributed by atoms with E-state index in [2.05, 4.69) is 4.72 Å². The maximum Gasteiger partial charge on any atom is 0.423 e. The fraction of sp³-hybridized carbons (Fsp3) is 0.917. The van der Waals surface area contributed by atoms with Crippen molar-refractivity contribution in [2.24, 2.45) is 5.92 Å². The van der Waals surface area contributed by atoms with Gasteiger partial charge in [-0.1, -0.05) is 32.1 Å². The van der Waals surface area contributed by atoms with Gasteiger partial charge < -0.3 is 9.46 Å². The molecule has 1 saturated carbocycles. The lowest BCUT2D eigenvalue weighted by molar-refractivity contribution is -0.148. The summed E-state index contributed by atoms with van der Waals surface area (Å²) in [5.41, 5.74) is -4.36. The standard InChI is InChI=1S/C12H19F3NO2S/c13-12(14,15)19-16-8-9-18-11(17)10-6-4-2-1-3-5-7-10/h10H,1-9H2/q-1. The number of esters is 1. The van der Waals surface area contributed by atoms with Crippen LogP contribution >= 0.6 is 11.9 Å². The van der Waals surface area contributed by atoms with Crippen LogP contribution in [-0.2, 0) is 9.53 Å². The van der Waals surface area contributed by atoms with Crippen LogP contribution < -0.4 is 0 Å². The van der Waals surface area contributed by atoms with Crippen LogP contribution in [-0.4, -0.2) is 24.6 Å². The highest BCUT2D eigenvalue weighted by atomic mass is 32.2. The first-order chi connectivity index (χ1) is 8.99. The van der Waals surface area contributed by atoms with E-state index in [4.69, 9.17) is 4.74 Å². The number of rotatable bonds is 5. The molecule has 7 heteroatoms. The van der Waals surface area contributed by atoms with Crippen LogP contribution in [0.25, 0.3) is 4.72 Å². The molecule has 1 aliphatic rings. The Morgan fingerprint density at radius 1 is 1.16 bits per heavy atom. The van der Waals surface area contributed by atoms with E-state index in [1.54, 1.807) is 0 Å². The predicted octanol–water partition coefficient (Wildman–Crippen LogP) is 4.43. The van der Waals surface area contributed by atoms with Crippen LogP contribution in [0.3, 0.4) is 0 Å². The average Bonchev–Trinajstić information content (AvgIpc) is 2.26. The molecule has 1 rings (SSSR count). The smallest absolute Gasteiger partial charge is 0.423 e. The van der Waals surface area contributed by atoms with Crippen LogP contribution in [0.15, 0.2) is 0 Å². The van der Waals surface area contributed by atoms with Gasteiger partial charge in [0, 0.05) is 0 Å². The summed E-state index contributed by atoms with van der Waals surface area (Å²) in [4.78, 5) is 11.7. The molecule has 19 heavy (non-hydrogen) atoms. The molecule has 0 spiro atoms. The lowest BCUT2D eigenvalue weighted by Gasteiger charge is -2.22. The number of nitrogens with zero attached hydrogens (tertiary/aromatic N) is 1. The zero-order valence-electron chi connectivity index (χ0n) is 10.7. The Labute approximate surface area is 115 Å². The highest BCUT2D eigenvalue weighted by molar-refractivity contribution is 8.02. The molecule has 0 amide bonds. The molecule has 0 atom stereocenters. The lowest BCUT2D eigenvalue weighted by atomic mass is 9.91. The van der Waals surface area contributed by atoms with Gasteiger partial charge >= 0.3 is 11.5 Å². The van der Waals surface area contributed by atoms with E-state index >= 15 is 0 Å². The van der Waals surface area contributed by atoms with Gasteiger partial charge in [0.1, 0.15) is 0 Å². The average molecular weight is 298 g/mol. The van der Waals surface area contributed by atoms with Crippen molar-refractivity contribution in [1.82, 2.24) is 0 Å². The summed E-state index contributed by atoms with van der Waals surface area (Å²) < 4.78 is 43.5. The predicted molar refractivity (Wildman–Crippen MR) is 68.6 cm³/mol. The van der Waals surface area contributed by atoms with Crippen molar-refractivity contribution in [2.45, 2.75) is 50.5 Å². The first-order valence-electron chi connectivity index (χ1n) is 6.57. The molecule has 0 bridgehead atoms. The fourth-order valence-corrected chi connectivity index (χ4v) is 2.42. The van der Waals surface area contributed by atoms with Crippen molar-refractivity contribution in [3.05, 3.63) is 4.72 Å². The molecule has 0 heterocycles. The largest absolute Gasteiger partial charge is 0.596 e. The van der Waals surface area contributed by atoms with Crippen molar-refractivity contribution < 1.29 is 22.7 Å². The highest BCUT2D eigenvalue weighted by Crippen LogP contribution is 2.34. The van der Waals surface area contributed by atoms with E-state index in [-0.39, 0.29) is 25.0 Å². The number of hydrogen-bond donors (Lipinski definition) is 0. The zero-order chi connectivity index (χ0) is 14.1. The van der Waals surface area contributed by atoms with Gasteiger partial charge in [0.15, 0.2) is 0 Å². The summed E-state index contributed by atoms with van der Waals surface area (Å²) in [7, 11) is 0. The zero-order valence-corrected chi connectivity index (χ0v) is 11.6. The van der Waals surface area contributed by atoms with Gasteiger partial charge in [0.25, 0.3) is 0 Å². The maximum atomic E-state index is 11.8. The Kier molecular flexibility index (Phi) is 7.60. The number of hydrogen-bond acceptors (Lipinski definition) is 3. The third-order valence-electron chi connectivity index (χ3n) is 3.03. The molecule has 0 aromatic rings. The summed E-state index contributed by atoms with van der Waals surface area (Å²) in [5.74, 6) is -0.371. The molecule has 0 unspecified atom stereocenters. The summed E-state index contributed by atoms with van der Waals surface area (Å²) in [6.07, 6.45) is 7.20. The van der Waals surface area contributed by atoms with Gasteiger partial charge in [-0.15, -0.1) is 6.54 Å². The minimum atomic E-state index is -4.36. The Balaban J connectivity index is 2.12. The summed E-state index contributed by atoms with van der Waals surface area (Å²) in [6, 6.07) is 0. The van der Waals surface area contributed by atoms with E-state index in [9.17, 15) is 18.0 Å². The molecule has 0 aromatic carbocycles. The minimum Gasteiger partial charge on any atom is -0.596 e. The van der Waals surface area contributed by atoms with Crippen LogP contribution in [0.1, 0.15) is 44.9 Å². The number of halogens is 3. The van der Waals surface area contributed by atoms with Crippen LogP contribution in [0, 0.1) is 5.92 Å². The van der Waals surface area contributed by atoms with E-state index in [1.807, 2.05) is 0 Å². The summed E-state index contributed by atoms with van der Waals surface area (Å²) >= 11 is -0.439. The number of carbonyl (C=O) groups is 1. The van der Waals surface area contributed by atoms with Crippen molar-refractivity contribution >= 4 is 17.9 Å². The van der Waals surface area contributed by atoms with Crippen LogP contribution in [0.5, 0.6) is 0 Å². The monoisotopic (exact) mass is 298 g/mol. The number of alkyl halides is 3. The maximum absolute atomic E-state index is 11.8. The van der Waals surface area contributed by atoms with Gasteiger partial charge in [-0.2, -0.15) is 25.1 Å². The molecule has 1 fully saturated rings. The van der Waals surface area contributed by atoms with E-state index in [0.717, 1.165) is 38.5 Å². The quantitative estimate of drug-likeness (QED) is 0.428. The second kappa shape index (κ2) is 8.68. The molecule has 0 saturated heterocycles. The summed E-state index contributed by atoms with van der Waals surface area (Å²) in [5, 5.41) is 0. The first-order valence-corrected chi connectivity index (χ1v) is 7.35. The van der Waals surface area contributed by atoms with Crippen LogP contribution in [0.2, 0.25) is 0 Å². The Bertz CT molecular complexity index is 266. The van der Waals surface area contributed by atoms with Crippen molar-refractivity contribution in [3.8, 4) is 0 Å². The number of ether oxygens (including phenoxy) is 1. The molecule has 112 valence electrons. The lowest BCUT2D eigenvalue weighted by Crippen LogP contribution is -2.20. The van der Waals surface area contributed by atoms with Gasteiger partial charge in [-0.05, 0) is 12.8 Å². The van der Waals surface area contributed by atoms with E-state index in [0.29, 0.717) is 0 Å². The second-order valence-electron chi connectivity index (χ2n) is 4.60. The number of carbonyl (C=O) groups excluding carboxylic acids is 1. The molecular formula is C12H19F3NO2S-. The van der Waals surface area contributed by atoms with Gasteiger partial charge in [-0.3, -0.25) is 4.79 Å². The van der Waals surface area contributed by atoms with E-state index < -0.39 is 17.5 Å². The van der Waals surface area contributed by atoms with Crippen molar-refractivity contribution in [3.63, 3.8) is 0 Å².